The predicted octanol–water partition coefficient (Wildman–Crippen LogP) is 7.18. The van der Waals surface area contributed by atoms with Gasteiger partial charge in [-0.05, 0) is 87.7 Å². The molecule has 0 radical (unpaired) electrons. The number of piperidine rings is 1. The third kappa shape index (κ3) is 8.05. The standard InChI is InChI=1S/C32H52N4O/c1-25(2)15-21-35(22-16-26(3)4)32(37)28-13-14-29-30(24-28)36(20-10-19-34-17-8-5-9-18-34)31(33-29)23-27-11-6-7-12-27/h13-14,24-27H,5-12,15-23H2,1-4H3. The van der Waals surface area contributed by atoms with Crippen molar-refractivity contribution >= 4 is 16.9 Å². The van der Waals surface area contributed by atoms with E-state index in [-0.39, 0.29) is 5.91 Å². The van der Waals surface area contributed by atoms with Crippen LogP contribution in [0.2, 0.25) is 0 Å². The fourth-order valence-corrected chi connectivity index (χ4v) is 6.14. The number of aromatic nitrogens is 2. The Bertz CT molecular complexity index is 970. The van der Waals surface area contributed by atoms with Gasteiger partial charge in [0, 0.05) is 31.6 Å². The Morgan fingerprint density at radius 1 is 0.946 bits per heavy atom. The Morgan fingerprint density at radius 3 is 2.27 bits per heavy atom. The molecule has 1 aromatic carbocycles. The number of aryl methyl sites for hydroxylation is 1. The number of benzene rings is 1. The van der Waals surface area contributed by atoms with Crippen molar-refractivity contribution in [3.63, 3.8) is 0 Å². The fourth-order valence-electron chi connectivity index (χ4n) is 6.14. The van der Waals surface area contributed by atoms with Crippen molar-refractivity contribution < 1.29 is 4.79 Å². The van der Waals surface area contributed by atoms with Crippen molar-refractivity contribution in [2.24, 2.45) is 17.8 Å². The molecular formula is C32H52N4O. The van der Waals surface area contributed by atoms with Gasteiger partial charge in [-0.2, -0.15) is 0 Å². The number of fused-ring (bicyclic) bond motifs is 1. The quantitative estimate of drug-likeness (QED) is 0.288. The molecule has 1 aliphatic heterocycles. The second-order valence-electron chi connectivity index (χ2n) is 12.7. The number of imidazole rings is 1. The minimum Gasteiger partial charge on any atom is -0.339 e. The topological polar surface area (TPSA) is 41.4 Å². The average molecular weight is 509 g/mol. The van der Waals surface area contributed by atoms with Crippen LogP contribution in [0.25, 0.3) is 11.0 Å². The number of nitrogens with zero attached hydrogens (tertiary/aromatic N) is 4. The first-order chi connectivity index (χ1) is 17.9. The molecule has 0 spiro atoms. The summed E-state index contributed by atoms with van der Waals surface area (Å²) in [6.07, 6.45) is 13.8. The van der Waals surface area contributed by atoms with Gasteiger partial charge in [0.25, 0.3) is 5.91 Å². The first kappa shape index (κ1) is 28.1. The lowest BCUT2D eigenvalue weighted by Crippen LogP contribution is -2.34. The number of amides is 1. The molecule has 4 rings (SSSR count). The zero-order valence-electron chi connectivity index (χ0n) is 24.2. The molecule has 5 heteroatoms. The van der Waals surface area contributed by atoms with Crippen molar-refractivity contribution in [3.05, 3.63) is 29.6 Å². The molecule has 0 unspecified atom stereocenters. The number of rotatable bonds is 13. The molecule has 0 bridgehead atoms. The number of carbonyl (C=O) groups is 1. The van der Waals surface area contributed by atoms with Crippen LogP contribution in [0.15, 0.2) is 18.2 Å². The molecule has 2 fully saturated rings. The summed E-state index contributed by atoms with van der Waals surface area (Å²) in [5, 5.41) is 0. The Morgan fingerprint density at radius 2 is 1.62 bits per heavy atom. The predicted molar refractivity (Wildman–Crippen MR) is 155 cm³/mol. The van der Waals surface area contributed by atoms with E-state index in [0.29, 0.717) is 11.8 Å². The Labute approximate surface area is 226 Å². The van der Waals surface area contributed by atoms with E-state index in [4.69, 9.17) is 4.98 Å². The van der Waals surface area contributed by atoms with Crippen LogP contribution in [0.5, 0.6) is 0 Å². The van der Waals surface area contributed by atoms with Crippen LogP contribution in [0.1, 0.15) is 108 Å². The normalized spacial score (nSPS) is 17.5. The summed E-state index contributed by atoms with van der Waals surface area (Å²) in [5.74, 6) is 3.37. The second kappa shape index (κ2) is 13.8. The lowest BCUT2D eigenvalue weighted by atomic mass is 10.0. The summed E-state index contributed by atoms with van der Waals surface area (Å²) >= 11 is 0. The van der Waals surface area contributed by atoms with Gasteiger partial charge in [-0.25, -0.2) is 4.98 Å². The molecule has 1 saturated carbocycles. The number of hydrogen-bond acceptors (Lipinski definition) is 3. The van der Waals surface area contributed by atoms with Gasteiger partial charge in [0.15, 0.2) is 0 Å². The van der Waals surface area contributed by atoms with Gasteiger partial charge in [0.05, 0.1) is 11.0 Å². The Kier molecular flexibility index (Phi) is 10.5. The molecule has 2 heterocycles. The minimum atomic E-state index is 0.182. The monoisotopic (exact) mass is 508 g/mol. The third-order valence-electron chi connectivity index (χ3n) is 8.56. The van der Waals surface area contributed by atoms with E-state index in [2.05, 4.69) is 54.2 Å². The van der Waals surface area contributed by atoms with Crippen LogP contribution in [0.4, 0.5) is 0 Å². The van der Waals surface area contributed by atoms with Gasteiger partial charge in [-0.1, -0.05) is 59.8 Å². The van der Waals surface area contributed by atoms with Gasteiger partial charge < -0.3 is 14.4 Å². The molecule has 1 amide bonds. The fraction of sp³-hybridized carbons (Fsp3) is 0.750. The molecule has 37 heavy (non-hydrogen) atoms. The lowest BCUT2D eigenvalue weighted by molar-refractivity contribution is 0.0741. The van der Waals surface area contributed by atoms with E-state index in [9.17, 15) is 4.79 Å². The van der Waals surface area contributed by atoms with Crippen molar-refractivity contribution in [2.75, 3.05) is 32.7 Å². The number of likely N-dealkylation sites (tertiary alicyclic amines) is 1. The number of hydrogen-bond donors (Lipinski definition) is 0. The van der Waals surface area contributed by atoms with Crippen molar-refractivity contribution in [3.8, 4) is 0 Å². The summed E-state index contributed by atoms with van der Waals surface area (Å²) in [6.45, 7) is 15.3. The summed E-state index contributed by atoms with van der Waals surface area (Å²) < 4.78 is 2.47. The van der Waals surface area contributed by atoms with Crippen molar-refractivity contribution in [1.29, 1.82) is 0 Å². The van der Waals surface area contributed by atoms with E-state index in [1.807, 2.05) is 6.07 Å². The van der Waals surface area contributed by atoms with Gasteiger partial charge in [0.2, 0.25) is 0 Å². The maximum absolute atomic E-state index is 13.7. The molecule has 206 valence electrons. The van der Waals surface area contributed by atoms with Crippen LogP contribution in [0, 0.1) is 17.8 Å². The van der Waals surface area contributed by atoms with Crippen molar-refractivity contribution in [1.82, 2.24) is 19.4 Å². The van der Waals surface area contributed by atoms with Crippen LogP contribution < -0.4 is 0 Å². The summed E-state index contributed by atoms with van der Waals surface area (Å²) in [6, 6.07) is 6.28. The summed E-state index contributed by atoms with van der Waals surface area (Å²) in [4.78, 5) is 23.6. The summed E-state index contributed by atoms with van der Waals surface area (Å²) in [5.41, 5.74) is 3.04. The van der Waals surface area contributed by atoms with Crippen LogP contribution in [0.3, 0.4) is 0 Å². The zero-order valence-corrected chi connectivity index (χ0v) is 24.2. The molecule has 1 saturated heterocycles. The van der Waals surface area contributed by atoms with E-state index < -0.39 is 0 Å². The van der Waals surface area contributed by atoms with Crippen LogP contribution in [-0.2, 0) is 13.0 Å². The van der Waals surface area contributed by atoms with E-state index in [0.717, 1.165) is 67.8 Å². The highest BCUT2D eigenvalue weighted by molar-refractivity contribution is 5.97. The molecule has 0 atom stereocenters. The highest BCUT2D eigenvalue weighted by Crippen LogP contribution is 2.30. The van der Waals surface area contributed by atoms with Crippen LogP contribution in [-0.4, -0.2) is 58.0 Å². The SMILES string of the molecule is CC(C)CCN(CCC(C)C)C(=O)c1ccc2nc(CC3CCCC3)n(CCCN3CCCCC3)c2c1. The van der Waals surface area contributed by atoms with Gasteiger partial charge in [0.1, 0.15) is 5.82 Å². The van der Waals surface area contributed by atoms with Gasteiger partial charge in [-0.3, -0.25) is 4.79 Å². The minimum absolute atomic E-state index is 0.182. The highest BCUT2D eigenvalue weighted by atomic mass is 16.2. The first-order valence-electron chi connectivity index (χ1n) is 15.4. The Balaban J connectivity index is 1.56. The Hall–Kier alpha value is -1.88. The molecule has 1 aliphatic carbocycles. The number of carbonyl (C=O) groups excluding carboxylic acids is 1. The molecule has 0 N–H and O–H groups in total. The molecule has 2 aliphatic rings. The maximum atomic E-state index is 13.7. The van der Waals surface area contributed by atoms with E-state index in [1.54, 1.807) is 0 Å². The van der Waals surface area contributed by atoms with Crippen LogP contribution >= 0.6 is 0 Å². The second-order valence-corrected chi connectivity index (χ2v) is 12.7. The summed E-state index contributed by atoms with van der Waals surface area (Å²) in [7, 11) is 0. The lowest BCUT2D eigenvalue weighted by Gasteiger charge is -2.26. The maximum Gasteiger partial charge on any atom is 0.253 e. The van der Waals surface area contributed by atoms with Gasteiger partial charge >= 0.3 is 0 Å². The van der Waals surface area contributed by atoms with Crippen molar-refractivity contribution in [2.45, 2.75) is 105 Å². The first-order valence-corrected chi connectivity index (χ1v) is 15.4. The van der Waals surface area contributed by atoms with E-state index in [1.165, 1.54) is 70.4 Å². The smallest absolute Gasteiger partial charge is 0.253 e. The molecular weight excluding hydrogens is 456 g/mol. The largest absolute Gasteiger partial charge is 0.339 e. The molecule has 5 nitrogen and oxygen atoms in total. The average Bonchev–Trinajstić information content (AvgIpc) is 3.52. The zero-order chi connectivity index (χ0) is 26.2. The van der Waals surface area contributed by atoms with E-state index >= 15 is 0 Å². The molecule has 1 aromatic heterocycles. The third-order valence-corrected chi connectivity index (χ3v) is 8.56. The molecule has 2 aromatic rings. The highest BCUT2D eigenvalue weighted by Gasteiger charge is 2.22. The van der Waals surface area contributed by atoms with Gasteiger partial charge in [-0.15, -0.1) is 0 Å².